The lowest BCUT2D eigenvalue weighted by molar-refractivity contribution is -0.118. The van der Waals surface area contributed by atoms with E-state index in [1.807, 2.05) is 25.1 Å². The van der Waals surface area contributed by atoms with E-state index in [0.717, 1.165) is 42.1 Å². The Morgan fingerprint density at radius 1 is 1.50 bits per heavy atom. The van der Waals surface area contributed by atoms with Crippen molar-refractivity contribution in [2.45, 2.75) is 26.2 Å². The molecule has 0 fully saturated rings. The average Bonchev–Trinajstić information content (AvgIpc) is 2.84. The van der Waals surface area contributed by atoms with Gasteiger partial charge >= 0.3 is 0 Å². The van der Waals surface area contributed by atoms with Gasteiger partial charge in [0.2, 0.25) is 5.91 Å². The Morgan fingerprint density at radius 3 is 3.10 bits per heavy atom. The molecule has 0 unspecified atom stereocenters. The van der Waals surface area contributed by atoms with Gasteiger partial charge in [0.1, 0.15) is 5.76 Å². The van der Waals surface area contributed by atoms with Gasteiger partial charge in [-0.3, -0.25) is 4.79 Å². The van der Waals surface area contributed by atoms with E-state index in [-0.39, 0.29) is 12.3 Å². The number of carbonyl (C=O) groups excluding carboxylic acids is 1. The second kappa shape index (κ2) is 5.00. The first-order valence-electron chi connectivity index (χ1n) is 6.75. The predicted octanol–water partition coefficient (Wildman–Crippen LogP) is 2.09. The van der Waals surface area contributed by atoms with E-state index in [0.29, 0.717) is 5.69 Å². The van der Waals surface area contributed by atoms with Gasteiger partial charge in [0, 0.05) is 24.0 Å². The molecule has 2 heterocycles. The zero-order valence-corrected chi connectivity index (χ0v) is 11.4. The lowest BCUT2D eigenvalue weighted by Gasteiger charge is -2.30. The number of aryl methyl sites for hydroxylation is 1. The van der Waals surface area contributed by atoms with Gasteiger partial charge in [-0.25, -0.2) is 0 Å². The summed E-state index contributed by atoms with van der Waals surface area (Å²) in [4.78, 5) is 14.3. The third-order valence-corrected chi connectivity index (χ3v) is 3.60. The molecule has 3 rings (SSSR count). The summed E-state index contributed by atoms with van der Waals surface area (Å²) in [5, 5.41) is 3.88. The van der Waals surface area contributed by atoms with E-state index in [1.54, 1.807) is 11.0 Å². The van der Waals surface area contributed by atoms with Crippen molar-refractivity contribution in [1.29, 1.82) is 0 Å². The Morgan fingerprint density at radius 2 is 2.35 bits per heavy atom. The van der Waals surface area contributed by atoms with Gasteiger partial charge in [0.05, 0.1) is 12.1 Å². The number of nitrogens with two attached hydrogens (primary N) is 1. The normalized spacial score (nSPS) is 14.2. The van der Waals surface area contributed by atoms with Crippen molar-refractivity contribution in [2.24, 2.45) is 0 Å². The van der Waals surface area contributed by atoms with Crippen molar-refractivity contribution in [2.75, 3.05) is 17.2 Å². The zero-order valence-electron chi connectivity index (χ0n) is 11.4. The second-order valence-electron chi connectivity index (χ2n) is 5.10. The van der Waals surface area contributed by atoms with Crippen LogP contribution in [0.1, 0.15) is 23.4 Å². The summed E-state index contributed by atoms with van der Waals surface area (Å²) in [6.07, 6.45) is 2.12. The molecule has 20 heavy (non-hydrogen) atoms. The van der Waals surface area contributed by atoms with Crippen LogP contribution in [-0.4, -0.2) is 17.6 Å². The lowest BCUT2D eigenvalue weighted by Crippen LogP contribution is -2.36. The third-order valence-electron chi connectivity index (χ3n) is 3.60. The highest BCUT2D eigenvalue weighted by Gasteiger charge is 2.24. The van der Waals surface area contributed by atoms with E-state index < -0.39 is 0 Å². The first-order valence-corrected chi connectivity index (χ1v) is 6.75. The van der Waals surface area contributed by atoms with Crippen LogP contribution in [0.2, 0.25) is 0 Å². The molecule has 0 spiro atoms. The minimum absolute atomic E-state index is 0.0323. The SMILES string of the molecule is Cc1cc(CC(=O)N2CCCc3c(N)cccc32)no1. The number of nitrogen functional groups attached to an aromatic ring is 1. The highest BCUT2D eigenvalue weighted by Crippen LogP contribution is 2.31. The van der Waals surface area contributed by atoms with Crippen LogP contribution in [0.4, 0.5) is 11.4 Å². The maximum Gasteiger partial charge on any atom is 0.233 e. The van der Waals surface area contributed by atoms with Crippen LogP contribution in [0.3, 0.4) is 0 Å². The number of amides is 1. The van der Waals surface area contributed by atoms with Gasteiger partial charge in [-0.2, -0.15) is 0 Å². The van der Waals surface area contributed by atoms with Gasteiger partial charge in [-0.05, 0) is 37.5 Å². The summed E-state index contributed by atoms with van der Waals surface area (Å²) in [6.45, 7) is 2.55. The molecule has 1 aliphatic rings. The molecule has 1 aliphatic heterocycles. The Balaban J connectivity index is 1.85. The van der Waals surface area contributed by atoms with Gasteiger partial charge < -0.3 is 15.2 Å². The molecule has 1 aromatic heterocycles. The molecule has 0 saturated carbocycles. The number of carbonyl (C=O) groups is 1. The van der Waals surface area contributed by atoms with Crippen LogP contribution in [0, 0.1) is 6.92 Å². The predicted molar refractivity (Wildman–Crippen MR) is 76.5 cm³/mol. The fourth-order valence-electron chi connectivity index (χ4n) is 2.66. The summed E-state index contributed by atoms with van der Waals surface area (Å²) in [7, 11) is 0. The molecule has 0 atom stereocenters. The quantitative estimate of drug-likeness (QED) is 0.849. The van der Waals surface area contributed by atoms with Crippen LogP contribution in [0.25, 0.3) is 0 Å². The number of hydrogen-bond acceptors (Lipinski definition) is 4. The number of nitrogens with zero attached hydrogens (tertiary/aromatic N) is 2. The largest absolute Gasteiger partial charge is 0.398 e. The number of rotatable bonds is 2. The van der Waals surface area contributed by atoms with Gasteiger partial charge in [0.15, 0.2) is 0 Å². The minimum atomic E-state index is 0.0323. The molecule has 2 aromatic rings. The first-order chi connectivity index (χ1) is 9.65. The first kappa shape index (κ1) is 12.7. The summed E-state index contributed by atoms with van der Waals surface area (Å²) < 4.78 is 5.00. The lowest BCUT2D eigenvalue weighted by atomic mass is 9.99. The fraction of sp³-hybridized carbons (Fsp3) is 0.333. The van der Waals surface area contributed by atoms with Crippen LogP contribution in [-0.2, 0) is 17.6 Å². The molecule has 0 saturated heterocycles. The molecule has 104 valence electrons. The van der Waals surface area contributed by atoms with E-state index in [9.17, 15) is 4.79 Å². The molecular weight excluding hydrogens is 254 g/mol. The zero-order chi connectivity index (χ0) is 14.1. The summed E-state index contributed by atoms with van der Waals surface area (Å²) in [5.74, 6) is 0.751. The molecule has 0 aliphatic carbocycles. The Hall–Kier alpha value is -2.30. The summed E-state index contributed by atoms with van der Waals surface area (Å²) in [5.41, 5.74) is 9.43. The average molecular weight is 271 g/mol. The molecule has 0 radical (unpaired) electrons. The third kappa shape index (κ3) is 2.27. The number of fused-ring (bicyclic) bond motifs is 1. The van der Waals surface area contributed by atoms with Crippen molar-refractivity contribution in [3.63, 3.8) is 0 Å². The number of benzene rings is 1. The Labute approximate surface area is 117 Å². The van der Waals surface area contributed by atoms with Crippen molar-refractivity contribution >= 4 is 17.3 Å². The van der Waals surface area contributed by atoms with Crippen molar-refractivity contribution in [3.05, 3.63) is 41.3 Å². The van der Waals surface area contributed by atoms with Gasteiger partial charge in [-0.1, -0.05) is 11.2 Å². The van der Waals surface area contributed by atoms with E-state index in [2.05, 4.69) is 5.16 Å². The molecule has 1 amide bonds. The van der Waals surface area contributed by atoms with E-state index in [1.165, 1.54) is 0 Å². The van der Waals surface area contributed by atoms with Crippen LogP contribution >= 0.6 is 0 Å². The van der Waals surface area contributed by atoms with E-state index >= 15 is 0 Å². The standard InChI is InChI=1S/C15H17N3O2/c1-10-8-11(17-20-10)9-15(19)18-7-3-4-12-13(16)5-2-6-14(12)18/h2,5-6,8H,3-4,7,9,16H2,1H3. The molecule has 5 nitrogen and oxygen atoms in total. The number of hydrogen-bond donors (Lipinski definition) is 1. The smallest absolute Gasteiger partial charge is 0.233 e. The van der Waals surface area contributed by atoms with Crippen molar-refractivity contribution < 1.29 is 9.32 Å². The molecule has 0 bridgehead atoms. The van der Waals surface area contributed by atoms with Gasteiger partial charge in [-0.15, -0.1) is 0 Å². The van der Waals surface area contributed by atoms with E-state index in [4.69, 9.17) is 10.3 Å². The van der Waals surface area contributed by atoms with Crippen LogP contribution in [0.5, 0.6) is 0 Å². The van der Waals surface area contributed by atoms with Crippen LogP contribution < -0.4 is 10.6 Å². The maximum atomic E-state index is 12.5. The Kier molecular flexibility index (Phi) is 3.18. The Bertz CT molecular complexity index is 648. The topological polar surface area (TPSA) is 72.4 Å². The summed E-state index contributed by atoms with van der Waals surface area (Å²) >= 11 is 0. The molecule has 2 N–H and O–H groups in total. The highest BCUT2D eigenvalue weighted by molar-refractivity contribution is 5.96. The number of anilines is 2. The molecule has 5 heteroatoms. The molecular formula is C15H17N3O2. The van der Waals surface area contributed by atoms with Crippen LogP contribution in [0.15, 0.2) is 28.8 Å². The minimum Gasteiger partial charge on any atom is -0.398 e. The second-order valence-corrected chi connectivity index (χ2v) is 5.10. The molecule has 1 aromatic carbocycles. The monoisotopic (exact) mass is 271 g/mol. The highest BCUT2D eigenvalue weighted by atomic mass is 16.5. The van der Waals surface area contributed by atoms with Crippen molar-refractivity contribution in [3.8, 4) is 0 Å². The van der Waals surface area contributed by atoms with Gasteiger partial charge in [0.25, 0.3) is 0 Å². The number of aromatic nitrogens is 1. The fourth-order valence-corrected chi connectivity index (χ4v) is 2.66. The summed E-state index contributed by atoms with van der Waals surface area (Å²) in [6, 6.07) is 7.52. The maximum absolute atomic E-state index is 12.5. The van der Waals surface area contributed by atoms with Crippen molar-refractivity contribution in [1.82, 2.24) is 5.16 Å².